The quantitative estimate of drug-likeness (QED) is 0.793. The fraction of sp³-hybridized carbons (Fsp3) is 0.647. The van der Waals surface area contributed by atoms with Gasteiger partial charge in [-0.25, -0.2) is 0 Å². The van der Waals surface area contributed by atoms with E-state index in [9.17, 15) is 0 Å². The van der Waals surface area contributed by atoms with Crippen LogP contribution in [0.15, 0.2) is 24.3 Å². The zero-order valence-electron chi connectivity index (χ0n) is 14.0. The Hall–Kier alpha value is -1.06. The van der Waals surface area contributed by atoms with Crippen LogP contribution in [0.4, 0.5) is 0 Å². The standard InChI is InChI=1S/C17H29NO2/c1-16(2,3)18(6)12-13-20-17(4,5)14-10-8-9-11-15(14)19-7/h8-11H,12-13H2,1-7H3. The van der Waals surface area contributed by atoms with Crippen molar-refractivity contribution in [3.63, 3.8) is 0 Å². The van der Waals surface area contributed by atoms with E-state index in [1.165, 1.54) is 0 Å². The maximum atomic E-state index is 6.10. The topological polar surface area (TPSA) is 21.7 Å². The molecule has 1 aromatic rings. The van der Waals surface area contributed by atoms with E-state index < -0.39 is 0 Å². The van der Waals surface area contributed by atoms with Gasteiger partial charge in [0.2, 0.25) is 0 Å². The van der Waals surface area contributed by atoms with Gasteiger partial charge < -0.3 is 9.47 Å². The number of methoxy groups -OCH3 is 1. The summed E-state index contributed by atoms with van der Waals surface area (Å²) in [6.07, 6.45) is 0. The van der Waals surface area contributed by atoms with E-state index in [0.29, 0.717) is 6.61 Å². The number of ether oxygens (including phenoxy) is 2. The van der Waals surface area contributed by atoms with Gasteiger partial charge in [-0.05, 0) is 47.7 Å². The van der Waals surface area contributed by atoms with Crippen LogP contribution in [0, 0.1) is 0 Å². The Morgan fingerprint density at radius 1 is 1.05 bits per heavy atom. The van der Waals surface area contributed by atoms with Crippen LogP contribution in [0.3, 0.4) is 0 Å². The van der Waals surface area contributed by atoms with Crippen LogP contribution in [-0.2, 0) is 10.3 Å². The molecular formula is C17H29NO2. The van der Waals surface area contributed by atoms with Gasteiger partial charge in [0.25, 0.3) is 0 Å². The molecule has 1 aromatic carbocycles. The fourth-order valence-corrected chi connectivity index (χ4v) is 1.99. The van der Waals surface area contributed by atoms with Crippen LogP contribution in [0.5, 0.6) is 5.75 Å². The minimum atomic E-state index is -0.356. The summed E-state index contributed by atoms with van der Waals surface area (Å²) >= 11 is 0. The van der Waals surface area contributed by atoms with E-state index in [0.717, 1.165) is 17.9 Å². The molecule has 0 fully saturated rings. The Balaban J connectivity index is 2.66. The molecule has 3 heteroatoms. The van der Waals surface area contributed by atoms with Gasteiger partial charge in [-0.1, -0.05) is 18.2 Å². The highest BCUT2D eigenvalue weighted by molar-refractivity contribution is 5.37. The maximum absolute atomic E-state index is 6.10. The third-order valence-electron chi connectivity index (χ3n) is 3.79. The summed E-state index contributed by atoms with van der Waals surface area (Å²) in [5, 5.41) is 0. The van der Waals surface area contributed by atoms with Crippen molar-refractivity contribution in [1.82, 2.24) is 4.90 Å². The molecule has 114 valence electrons. The molecule has 0 aliphatic rings. The summed E-state index contributed by atoms with van der Waals surface area (Å²) in [7, 11) is 3.82. The van der Waals surface area contributed by atoms with Gasteiger partial charge in [0.15, 0.2) is 0 Å². The van der Waals surface area contributed by atoms with Gasteiger partial charge in [-0.2, -0.15) is 0 Å². The van der Waals surface area contributed by atoms with Crippen molar-refractivity contribution in [3.8, 4) is 5.75 Å². The third-order valence-corrected chi connectivity index (χ3v) is 3.79. The van der Waals surface area contributed by atoms with Crippen LogP contribution in [-0.4, -0.2) is 37.7 Å². The molecule has 1 rings (SSSR count). The summed E-state index contributed by atoms with van der Waals surface area (Å²) in [6.45, 7) is 12.4. The van der Waals surface area contributed by atoms with Crippen molar-refractivity contribution in [2.24, 2.45) is 0 Å². The first kappa shape index (κ1) is 17.0. The Morgan fingerprint density at radius 2 is 1.65 bits per heavy atom. The average molecular weight is 279 g/mol. The van der Waals surface area contributed by atoms with Crippen LogP contribution in [0.25, 0.3) is 0 Å². The molecule has 0 aliphatic heterocycles. The number of hydrogen-bond donors (Lipinski definition) is 0. The van der Waals surface area contributed by atoms with Crippen molar-refractivity contribution in [3.05, 3.63) is 29.8 Å². The van der Waals surface area contributed by atoms with Gasteiger partial charge in [-0.15, -0.1) is 0 Å². The van der Waals surface area contributed by atoms with Crippen LogP contribution >= 0.6 is 0 Å². The summed E-state index contributed by atoms with van der Waals surface area (Å²) in [5.74, 6) is 0.877. The normalized spacial score (nSPS) is 12.8. The molecule has 0 spiro atoms. The minimum absolute atomic E-state index is 0.165. The van der Waals surface area contributed by atoms with E-state index in [4.69, 9.17) is 9.47 Å². The molecule has 0 radical (unpaired) electrons. The van der Waals surface area contributed by atoms with Crippen LogP contribution < -0.4 is 4.74 Å². The lowest BCUT2D eigenvalue weighted by molar-refractivity contribution is -0.0367. The molecule has 0 heterocycles. The van der Waals surface area contributed by atoms with Crippen molar-refractivity contribution in [1.29, 1.82) is 0 Å². The largest absolute Gasteiger partial charge is 0.496 e. The molecule has 0 saturated heterocycles. The Bertz CT molecular complexity index is 421. The van der Waals surface area contributed by atoms with E-state index in [2.05, 4.69) is 52.6 Å². The lowest BCUT2D eigenvalue weighted by Crippen LogP contribution is -2.41. The summed E-state index contributed by atoms with van der Waals surface area (Å²) in [6, 6.07) is 8.03. The highest BCUT2D eigenvalue weighted by Gasteiger charge is 2.25. The Labute approximate surface area is 123 Å². The smallest absolute Gasteiger partial charge is 0.124 e. The molecule has 0 saturated carbocycles. The maximum Gasteiger partial charge on any atom is 0.124 e. The van der Waals surface area contributed by atoms with Crippen LogP contribution in [0.2, 0.25) is 0 Å². The molecule has 20 heavy (non-hydrogen) atoms. The van der Waals surface area contributed by atoms with E-state index in [1.807, 2.05) is 18.2 Å². The predicted octanol–water partition coefficient (Wildman–Crippen LogP) is 3.68. The zero-order chi connectivity index (χ0) is 15.4. The molecule has 0 aliphatic carbocycles. The second kappa shape index (κ2) is 6.59. The van der Waals surface area contributed by atoms with Gasteiger partial charge >= 0.3 is 0 Å². The van der Waals surface area contributed by atoms with E-state index in [1.54, 1.807) is 7.11 Å². The summed E-state index contributed by atoms with van der Waals surface area (Å²) < 4.78 is 11.5. The number of likely N-dealkylation sites (N-methyl/N-ethyl adjacent to an activating group) is 1. The lowest BCUT2D eigenvalue weighted by atomic mass is 9.97. The van der Waals surface area contributed by atoms with Gasteiger partial charge in [-0.3, -0.25) is 4.90 Å². The fourth-order valence-electron chi connectivity index (χ4n) is 1.99. The second-order valence-corrected chi connectivity index (χ2v) is 6.65. The monoisotopic (exact) mass is 279 g/mol. The highest BCUT2D eigenvalue weighted by atomic mass is 16.5. The first-order valence-corrected chi connectivity index (χ1v) is 7.17. The third kappa shape index (κ3) is 4.50. The van der Waals surface area contributed by atoms with Gasteiger partial charge in [0, 0.05) is 17.6 Å². The second-order valence-electron chi connectivity index (χ2n) is 6.65. The molecule has 0 aromatic heterocycles. The molecule has 0 N–H and O–H groups in total. The molecule has 0 unspecified atom stereocenters. The number of nitrogens with zero attached hydrogens (tertiary/aromatic N) is 1. The Morgan fingerprint density at radius 3 is 2.20 bits per heavy atom. The zero-order valence-corrected chi connectivity index (χ0v) is 14.0. The lowest BCUT2D eigenvalue weighted by Gasteiger charge is -2.34. The van der Waals surface area contributed by atoms with E-state index in [-0.39, 0.29) is 11.1 Å². The van der Waals surface area contributed by atoms with Crippen LogP contribution in [0.1, 0.15) is 40.2 Å². The highest BCUT2D eigenvalue weighted by Crippen LogP contribution is 2.32. The molecule has 0 amide bonds. The summed E-state index contributed by atoms with van der Waals surface area (Å²) in [5.41, 5.74) is 0.893. The van der Waals surface area contributed by atoms with Crippen molar-refractivity contribution < 1.29 is 9.47 Å². The first-order chi connectivity index (χ1) is 9.18. The number of para-hydroxylation sites is 1. The van der Waals surface area contributed by atoms with Gasteiger partial charge in [0.1, 0.15) is 5.75 Å². The average Bonchev–Trinajstić information content (AvgIpc) is 2.37. The Kier molecular flexibility index (Phi) is 5.60. The molecule has 0 bridgehead atoms. The predicted molar refractivity (Wildman–Crippen MR) is 84.4 cm³/mol. The van der Waals surface area contributed by atoms with Gasteiger partial charge in [0.05, 0.1) is 19.3 Å². The SMILES string of the molecule is COc1ccccc1C(C)(C)OCCN(C)C(C)(C)C. The minimum Gasteiger partial charge on any atom is -0.496 e. The number of benzene rings is 1. The molecular weight excluding hydrogens is 250 g/mol. The molecule has 0 atom stereocenters. The first-order valence-electron chi connectivity index (χ1n) is 7.17. The van der Waals surface area contributed by atoms with Crippen molar-refractivity contribution >= 4 is 0 Å². The number of rotatable bonds is 6. The molecule has 3 nitrogen and oxygen atoms in total. The van der Waals surface area contributed by atoms with Crippen molar-refractivity contribution in [2.45, 2.75) is 45.8 Å². The summed E-state index contributed by atoms with van der Waals surface area (Å²) in [4.78, 5) is 2.30. The number of hydrogen-bond acceptors (Lipinski definition) is 3. The van der Waals surface area contributed by atoms with E-state index >= 15 is 0 Å². The van der Waals surface area contributed by atoms with Crippen molar-refractivity contribution in [2.75, 3.05) is 27.3 Å².